The molecule has 0 amide bonds. The Morgan fingerprint density at radius 3 is 2.67 bits per heavy atom. The van der Waals surface area contributed by atoms with Crippen molar-refractivity contribution in [2.24, 2.45) is 0 Å². The number of nitrogens with zero attached hydrogens (tertiary/aromatic N) is 4. The van der Waals surface area contributed by atoms with E-state index >= 15 is 0 Å². The lowest BCUT2D eigenvalue weighted by molar-refractivity contribution is 0.0689. The van der Waals surface area contributed by atoms with E-state index in [0.29, 0.717) is 33.2 Å². The van der Waals surface area contributed by atoms with Crippen LogP contribution in [-0.2, 0) is 0 Å². The van der Waals surface area contributed by atoms with E-state index in [1.807, 2.05) is 0 Å². The molecule has 154 valence electrons. The van der Waals surface area contributed by atoms with E-state index in [1.54, 1.807) is 37.3 Å². The van der Waals surface area contributed by atoms with Crippen molar-refractivity contribution in [2.75, 3.05) is 5.32 Å². The van der Waals surface area contributed by atoms with Crippen LogP contribution < -0.4 is 5.32 Å². The van der Waals surface area contributed by atoms with Gasteiger partial charge < -0.3 is 15.4 Å². The summed E-state index contributed by atoms with van der Waals surface area (Å²) in [6.07, 6.45) is -0.0660. The summed E-state index contributed by atoms with van der Waals surface area (Å²) in [7, 11) is 0. The highest BCUT2D eigenvalue weighted by Crippen LogP contribution is 2.30. The summed E-state index contributed by atoms with van der Waals surface area (Å²) in [5.41, 5.74) is 2.25. The molecule has 11 heteroatoms. The van der Waals surface area contributed by atoms with E-state index in [-0.39, 0.29) is 5.69 Å². The number of aromatic nitrogens is 5. The zero-order valence-electron chi connectivity index (χ0n) is 15.5. The number of alkyl halides is 2. The highest BCUT2D eigenvalue weighted by Gasteiger charge is 2.25. The van der Waals surface area contributed by atoms with Crippen molar-refractivity contribution >= 4 is 28.9 Å². The largest absolute Gasteiger partial charge is 0.476 e. The number of carboxylic acids is 1. The molecule has 0 aliphatic carbocycles. The summed E-state index contributed by atoms with van der Waals surface area (Å²) in [4.78, 5) is 18.3. The predicted molar refractivity (Wildman–Crippen MR) is 105 cm³/mol. The van der Waals surface area contributed by atoms with Crippen molar-refractivity contribution in [3.8, 4) is 0 Å². The molecule has 0 saturated heterocycles. The van der Waals surface area contributed by atoms with Crippen LogP contribution in [0.1, 0.15) is 45.6 Å². The molecule has 1 aromatic carbocycles. The van der Waals surface area contributed by atoms with E-state index < -0.39 is 24.3 Å². The van der Waals surface area contributed by atoms with Crippen LogP contribution in [0.2, 0.25) is 5.02 Å². The molecule has 4 rings (SSSR count). The lowest BCUT2D eigenvalue weighted by Gasteiger charge is -2.21. The van der Waals surface area contributed by atoms with Gasteiger partial charge in [-0.2, -0.15) is 0 Å². The first-order chi connectivity index (χ1) is 14.3. The highest BCUT2D eigenvalue weighted by molar-refractivity contribution is 6.30. The average molecular weight is 433 g/mol. The van der Waals surface area contributed by atoms with Crippen LogP contribution >= 0.6 is 11.6 Å². The molecule has 3 aromatic heterocycles. The molecule has 0 bridgehead atoms. The standard InChI is InChI=1S/C19H15ClF2N6O2/c1-9-6-12(7-28-17(9)26-27-18(28)16(21)22)25-13(10-2-4-11(20)5-3-10)14-15(19(29)30)24-8-23-14/h2-8,13,16,25H,1H3,(H,23,24)(H,29,30). The minimum absolute atomic E-state index is 0.155. The fraction of sp³-hybridized carbons (Fsp3) is 0.158. The molecule has 1 atom stereocenters. The van der Waals surface area contributed by atoms with E-state index in [4.69, 9.17) is 11.6 Å². The summed E-state index contributed by atoms with van der Waals surface area (Å²) in [6, 6.07) is 7.87. The van der Waals surface area contributed by atoms with Gasteiger partial charge >= 0.3 is 5.97 Å². The van der Waals surface area contributed by atoms with Crippen LogP contribution in [0.25, 0.3) is 5.65 Å². The first kappa shape index (κ1) is 19.8. The summed E-state index contributed by atoms with van der Waals surface area (Å²) in [5.74, 6) is -1.68. The van der Waals surface area contributed by atoms with E-state index in [0.717, 1.165) is 0 Å². The molecule has 30 heavy (non-hydrogen) atoms. The molecule has 0 radical (unpaired) electrons. The lowest BCUT2D eigenvalue weighted by Crippen LogP contribution is -2.17. The zero-order valence-corrected chi connectivity index (χ0v) is 16.2. The monoisotopic (exact) mass is 432 g/mol. The Labute approximate surface area is 173 Å². The van der Waals surface area contributed by atoms with Gasteiger partial charge in [0, 0.05) is 11.2 Å². The SMILES string of the molecule is Cc1cc(NC(c2ccc(Cl)cc2)c2[nH]cnc2C(=O)O)cn2c(C(F)F)nnc12. The molecule has 0 saturated carbocycles. The molecule has 0 fully saturated rings. The van der Waals surface area contributed by atoms with Gasteiger partial charge in [0.05, 0.1) is 23.8 Å². The predicted octanol–water partition coefficient (Wildman–Crippen LogP) is 4.25. The smallest absolute Gasteiger partial charge is 0.356 e. The third-order valence-corrected chi connectivity index (χ3v) is 4.84. The molecule has 4 aromatic rings. The van der Waals surface area contributed by atoms with Gasteiger partial charge in [-0.3, -0.25) is 4.40 Å². The number of pyridine rings is 1. The summed E-state index contributed by atoms with van der Waals surface area (Å²) in [6.45, 7) is 1.72. The number of carboxylic acid groups (broad SMARTS) is 1. The van der Waals surface area contributed by atoms with Crippen molar-refractivity contribution in [3.05, 3.63) is 76.2 Å². The number of fused-ring (bicyclic) bond motifs is 1. The van der Waals surface area contributed by atoms with Crippen molar-refractivity contribution in [3.63, 3.8) is 0 Å². The zero-order chi connectivity index (χ0) is 21.4. The van der Waals surface area contributed by atoms with Crippen molar-refractivity contribution < 1.29 is 18.7 Å². The van der Waals surface area contributed by atoms with Crippen LogP contribution in [0.4, 0.5) is 14.5 Å². The molecule has 1 unspecified atom stereocenters. The normalized spacial score (nSPS) is 12.4. The molecule has 3 heterocycles. The molecule has 3 N–H and O–H groups in total. The first-order valence-electron chi connectivity index (χ1n) is 8.77. The number of aromatic carboxylic acids is 1. The van der Waals surface area contributed by atoms with E-state index in [2.05, 4.69) is 25.5 Å². The number of imidazole rings is 1. The Balaban J connectivity index is 1.82. The number of carbonyl (C=O) groups is 1. The second kappa shape index (κ2) is 7.71. The summed E-state index contributed by atoms with van der Waals surface area (Å²) >= 11 is 5.98. The number of rotatable bonds is 6. The van der Waals surface area contributed by atoms with E-state index in [1.165, 1.54) is 16.9 Å². The Bertz CT molecular complexity index is 1220. The topological polar surface area (TPSA) is 108 Å². The number of halogens is 3. The van der Waals surface area contributed by atoms with Crippen LogP contribution in [0.5, 0.6) is 0 Å². The number of aromatic amines is 1. The third kappa shape index (κ3) is 3.57. The number of nitrogens with one attached hydrogen (secondary N) is 2. The maximum absolute atomic E-state index is 13.3. The van der Waals surface area contributed by atoms with Gasteiger partial charge in [-0.25, -0.2) is 18.6 Å². The number of anilines is 1. The molecular weight excluding hydrogens is 418 g/mol. The number of H-pyrrole nitrogens is 1. The minimum Gasteiger partial charge on any atom is -0.476 e. The number of benzene rings is 1. The Morgan fingerprint density at radius 1 is 1.27 bits per heavy atom. The second-order valence-electron chi connectivity index (χ2n) is 6.56. The Morgan fingerprint density at radius 2 is 2.00 bits per heavy atom. The Hall–Kier alpha value is -3.53. The fourth-order valence-electron chi connectivity index (χ4n) is 3.24. The van der Waals surface area contributed by atoms with Crippen molar-refractivity contribution in [2.45, 2.75) is 19.4 Å². The van der Waals surface area contributed by atoms with Crippen molar-refractivity contribution in [1.82, 2.24) is 24.6 Å². The summed E-state index contributed by atoms with van der Waals surface area (Å²) in [5, 5.41) is 20.6. The molecule has 0 aliphatic heterocycles. The van der Waals surface area contributed by atoms with Gasteiger partial charge in [-0.1, -0.05) is 23.7 Å². The lowest BCUT2D eigenvalue weighted by atomic mass is 10.0. The van der Waals surface area contributed by atoms with Gasteiger partial charge in [0.25, 0.3) is 6.43 Å². The fourth-order valence-corrected chi connectivity index (χ4v) is 3.37. The van der Waals surface area contributed by atoms with Gasteiger partial charge in [-0.15, -0.1) is 10.2 Å². The first-order valence-corrected chi connectivity index (χ1v) is 9.15. The second-order valence-corrected chi connectivity index (χ2v) is 7.00. The Kier molecular flexibility index (Phi) is 5.08. The molecular formula is C19H15ClF2N6O2. The number of hydrogen-bond donors (Lipinski definition) is 3. The number of hydrogen-bond acceptors (Lipinski definition) is 5. The molecule has 0 aliphatic rings. The van der Waals surface area contributed by atoms with Gasteiger partial charge in [0.2, 0.25) is 5.82 Å². The minimum atomic E-state index is -2.80. The van der Waals surface area contributed by atoms with Crippen molar-refractivity contribution in [1.29, 1.82) is 0 Å². The number of aryl methyl sites for hydroxylation is 1. The molecule has 0 spiro atoms. The maximum atomic E-state index is 13.3. The maximum Gasteiger partial charge on any atom is 0.356 e. The van der Waals surface area contributed by atoms with Gasteiger partial charge in [0.15, 0.2) is 11.3 Å². The third-order valence-electron chi connectivity index (χ3n) is 4.58. The van der Waals surface area contributed by atoms with Crippen LogP contribution in [0.15, 0.2) is 42.9 Å². The highest BCUT2D eigenvalue weighted by atomic mass is 35.5. The summed E-state index contributed by atoms with van der Waals surface area (Å²) < 4.78 is 27.8. The van der Waals surface area contributed by atoms with Gasteiger partial charge in [-0.05, 0) is 36.2 Å². The van der Waals surface area contributed by atoms with Crippen LogP contribution in [-0.4, -0.2) is 35.6 Å². The van der Waals surface area contributed by atoms with Crippen LogP contribution in [0, 0.1) is 6.92 Å². The van der Waals surface area contributed by atoms with Crippen LogP contribution in [0.3, 0.4) is 0 Å². The average Bonchev–Trinajstić information content (AvgIpc) is 3.34. The van der Waals surface area contributed by atoms with E-state index in [9.17, 15) is 18.7 Å². The molecule has 8 nitrogen and oxygen atoms in total. The van der Waals surface area contributed by atoms with Gasteiger partial charge in [0.1, 0.15) is 0 Å². The quantitative estimate of drug-likeness (QED) is 0.420.